The average Bonchev–Trinajstić information content (AvgIpc) is 2.86. The number of aliphatic hydroxyl groups excluding tert-OH is 3. The minimum atomic E-state index is -2.45. The van der Waals surface area contributed by atoms with E-state index in [1.54, 1.807) is 0 Å². The quantitative estimate of drug-likeness (QED) is 0.266. The number of carboxylic acid groups (broad SMARTS) is 1. The Morgan fingerprint density at radius 1 is 1.05 bits per heavy atom. The third-order valence-corrected chi connectivity index (χ3v) is 6.42. The van der Waals surface area contributed by atoms with E-state index in [-0.39, 0.29) is 24.8 Å². The van der Waals surface area contributed by atoms with Gasteiger partial charge in [0.2, 0.25) is 5.79 Å². The van der Waals surface area contributed by atoms with Crippen molar-refractivity contribution in [1.82, 2.24) is 0 Å². The predicted octanol–water partition coefficient (Wildman–Crippen LogP) is 1.75. The van der Waals surface area contributed by atoms with Gasteiger partial charge in [0, 0.05) is 23.4 Å². The van der Waals surface area contributed by atoms with Gasteiger partial charge in [0.15, 0.2) is 0 Å². The number of aliphatic hydroxyl groups is 4. The Labute approximate surface area is 219 Å². The lowest BCUT2D eigenvalue weighted by Gasteiger charge is -2.45. The van der Waals surface area contributed by atoms with E-state index in [0.29, 0.717) is 23.6 Å². The van der Waals surface area contributed by atoms with Crippen LogP contribution >= 0.6 is 11.6 Å². The molecule has 202 valence electrons. The Bertz CT molecular complexity index is 1080. The molecule has 0 saturated carbocycles. The highest BCUT2D eigenvalue weighted by atomic mass is 35.5. The number of ether oxygens (including phenoxy) is 3. The minimum absolute atomic E-state index is 0.0649. The van der Waals surface area contributed by atoms with Gasteiger partial charge < -0.3 is 39.7 Å². The van der Waals surface area contributed by atoms with Gasteiger partial charge in [-0.25, -0.2) is 0 Å². The van der Waals surface area contributed by atoms with E-state index < -0.39 is 48.7 Å². The molecule has 0 aliphatic carbocycles. The maximum atomic E-state index is 11.9. The number of esters is 1. The second kappa shape index (κ2) is 12.7. The van der Waals surface area contributed by atoms with Gasteiger partial charge in [-0.3, -0.25) is 9.59 Å². The van der Waals surface area contributed by atoms with E-state index in [2.05, 4.69) is 0 Å². The summed E-state index contributed by atoms with van der Waals surface area (Å²) in [6.07, 6.45) is -6.73. The zero-order chi connectivity index (χ0) is 27.2. The predicted molar refractivity (Wildman–Crippen MR) is 131 cm³/mol. The van der Waals surface area contributed by atoms with Crippen molar-refractivity contribution >= 4 is 23.5 Å². The molecule has 0 unspecified atom stereocenters. The fraction of sp³-hybridized carbons (Fsp3) is 0.462. The zero-order valence-corrected chi connectivity index (χ0v) is 21.0. The smallest absolute Gasteiger partial charge is 0.305 e. The summed E-state index contributed by atoms with van der Waals surface area (Å²) in [5.41, 5.74) is 1.59. The van der Waals surface area contributed by atoms with Crippen molar-refractivity contribution in [1.29, 1.82) is 0 Å². The number of benzene rings is 2. The number of carbonyl (C=O) groups is 2. The highest BCUT2D eigenvalue weighted by Gasteiger charge is 2.54. The summed E-state index contributed by atoms with van der Waals surface area (Å²) < 4.78 is 16.1. The first-order valence-electron chi connectivity index (χ1n) is 11.9. The van der Waals surface area contributed by atoms with Gasteiger partial charge in [0.1, 0.15) is 36.8 Å². The third-order valence-electron chi connectivity index (χ3n) is 6.05. The SMILES string of the molecule is CCOc1ccc(Cc2cc([C@@]3(O)O[C@H](COC(=O)CCCC(=O)O)[C@@H](O)[C@H](O)[C@H]3O)ccc2Cl)cc1. The summed E-state index contributed by atoms with van der Waals surface area (Å²) in [4.78, 5) is 22.5. The van der Waals surface area contributed by atoms with Gasteiger partial charge in [-0.1, -0.05) is 29.8 Å². The molecule has 1 heterocycles. The molecule has 5 atom stereocenters. The van der Waals surface area contributed by atoms with Crippen molar-refractivity contribution < 1.29 is 49.3 Å². The summed E-state index contributed by atoms with van der Waals surface area (Å²) >= 11 is 6.38. The monoisotopic (exact) mass is 538 g/mol. The Hall–Kier alpha value is -2.73. The first kappa shape index (κ1) is 28.8. The number of aliphatic carboxylic acids is 1. The molecule has 10 nitrogen and oxygen atoms in total. The van der Waals surface area contributed by atoms with Crippen LogP contribution in [0.25, 0.3) is 0 Å². The molecule has 2 aromatic carbocycles. The molecule has 2 aromatic rings. The van der Waals surface area contributed by atoms with E-state index in [1.165, 1.54) is 18.2 Å². The molecule has 37 heavy (non-hydrogen) atoms. The van der Waals surface area contributed by atoms with Crippen molar-refractivity contribution in [2.24, 2.45) is 0 Å². The van der Waals surface area contributed by atoms with E-state index in [0.717, 1.165) is 11.3 Å². The van der Waals surface area contributed by atoms with Gasteiger partial charge in [0.25, 0.3) is 0 Å². The standard InChI is InChI=1S/C26H31ClO10/c1-2-35-18-9-6-15(7-10-18)12-16-13-17(8-11-19(16)27)26(34)25(33)24(32)23(31)20(37-26)14-36-22(30)5-3-4-21(28)29/h6-11,13,20,23-25,31-34H,2-5,12,14H2,1H3,(H,28,29)/t20-,23-,24+,25-,26-/m1/s1. The maximum absolute atomic E-state index is 11.9. The highest BCUT2D eigenvalue weighted by molar-refractivity contribution is 6.31. The first-order valence-corrected chi connectivity index (χ1v) is 12.3. The van der Waals surface area contributed by atoms with Gasteiger partial charge in [-0.15, -0.1) is 0 Å². The van der Waals surface area contributed by atoms with Crippen LogP contribution in [0.15, 0.2) is 42.5 Å². The molecule has 1 saturated heterocycles. The lowest BCUT2D eigenvalue weighted by Crippen LogP contribution is -2.63. The molecule has 0 spiro atoms. The van der Waals surface area contributed by atoms with Crippen LogP contribution in [-0.4, -0.2) is 75.1 Å². The van der Waals surface area contributed by atoms with Crippen LogP contribution < -0.4 is 4.74 Å². The topological polar surface area (TPSA) is 163 Å². The van der Waals surface area contributed by atoms with Crippen LogP contribution in [0.4, 0.5) is 0 Å². The van der Waals surface area contributed by atoms with Crippen LogP contribution in [0.5, 0.6) is 5.75 Å². The number of halogens is 1. The molecule has 0 bridgehead atoms. The van der Waals surface area contributed by atoms with Crippen molar-refractivity contribution in [3.05, 3.63) is 64.2 Å². The molecule has 5 N–H and O–H groups in total. The molecule has 11 heteroatoms. The van der Waals surface area contributed by atoms with Crippen LogP contribution in [0.2, 0.25) is 5.02 Å². The first-order chi connectivity index (χ1) is 17.5. The van der Waals surface area contributed by atoms with Gasteiger partial charge in [-0.2, -0.15) is 0 Å². The number of carbonyl (C=O) groups excluding carboxylic acids is 1. The summed E-state index contributed by atoms with van der Waals surface area (Å²) in [6, 6.07) is 11.9. The van der Waals surface area contributed by atoms with Gasteiger partial charge in [0.05, 0.1) is 6.61 Å². The summed E-state index contributed by atoms with van der Waals surface area (Å²) in [5, 5.41) is 51.8. The van der Waals surface area contributed by atoms with Crippen LogP contribution in [0, 0.1) is 0 Å². The van der Waals surface area contributed by atoms with E-state index >= 15 is 0 Å². The molecule has 0 aromatic heterocycles. The normalized spacial score (nSPS) is 25.5. The van der Waals surface area contributed by atoms with Crippen LogP contribution in [-0.2, 0) is 31.3 Å². The zero-order valence-electron chi connectivity index (χ0n) is 20.2. The largest absolute Gasteiger partial charge is 0.494 e. The average molecular weight is 539 g/mol. The van der Waals surface area contributed by atoms with Crippen molar-refractivity contribution in [2.45, 2.75) is 62.8 Å². The molecule has 0 amide bonds. The fourth-order valence-electron chi connectivity index (χ4n) is 4.03. The lowest BCUT2D eigenvalue weighted by atomic mass is 9.87. The molecule has 3 rings (SSSR count). The van der Waals surface area contributed by atoms with E-state index in [1.807, 2.05) is 31.2 Å². The molecule has 1 aliphatic heterocycles. The summed E-state index contributed by atoms with van der Waals surface area (Å²) in [5.74, 6) is -3.51. The molecular formula is C26H31ClO10. The van der Waals surface area contributed by atoms with E-state index in [4.69, 9.17) is 30.9 Å². The van der Waals surface area contributed by atoms with Crippen molar-refractivity contribution in [3.63, 3.8) is 0 Å². The lowest BCUT2D eigenvalue weighted by molar-refractivity contribution is -0.358. The minimum Gasteiger partial charge on any atom is -0.494 e. The number of carboxylic acids is 1. The Morgan fingerprint density at radius 3 is 2.41 bits per heavy atom. The Kier molecular flexibility index (Phi) is 9.88. The van der Waals surface area contributed by atoms with Gasteiger partial charge in [-0.05, 0) is 55.2 Å². The Balaban J connectivity index is 1.76. The van der Waals surface area contributed by atoms with Crippen LogP contribution in [0.1, 0.15) is 42.9 Å². The molecular weight excluding hydrogens is 508 g/mol. The second-order valence-electron chi connectivity index (χ2n) is 8.77. The van der Waals surface area contributed by atoms with E-state index in [9.17, 15) is 30.0 Å². The van der Waals surface area contributed by atoms with Crippen molar-refractivity contribution in [3.8, 4) is 5.75 Å². The third kappa shape index (κ3) is 7.19. The molecule has 1 fully saturated rings. The van der Waals surface area contributed by atoms with Gasteiger partial charge >= 0.3 is 11.9 Å². The number of hydrogen-bond donors (Lipinski definition) is 5. The number of hydrogen-bond acceptors (Lipinski definition) is 9. The number of rotatable bonds is 11. The second-order valence-corrected chi connectivity index (χ2v) is 9.18. The summed E-state index contributed by atoms with van der Waals surface area (Å²) in [7, 11) is 0. The van der Waals surface area contributed by atoms with Crippen LogP contribution in [0.3, 0.4) is 0 Å². The molecule has 1 aliphatic rings. The summed E-state index contributed by atoms with van der Waals surface area (Å²) in [6.45, 7) is 1.89. The fourth-order valence-corrected chi connectivity index (χ4v) is 4.22. The Morgan fingerprint density at radius 2 is 1.76 bits per heavy atom. The van der Waals surface area contributed by atoms with Crippen molar-refractivity contribution in [2.75, 3.05) is 13.2 Å². The highest BCUT2D eigenvalue weighted by Crippen LogP contribution is 2.38. The molecule has 0 radical (unpaired) electrons. The maximum Gasteiger partial charge on any atom is 0.305 e.